The molecular weight excluding hydrogens is 910 g/mol. The molecule has 0 bridgehead atoms. The SMILES string of the molecule is [2H]C(C)(C)c1cc(Oc2ccc3c4ccccc4n(-c4cc(C(C)(C)C)ccn4)c3c2)cc(N2CN(c3c(-c4cc(C(C)C)cc(C(C)C)c4)cc(C(C)(C)C)cc3-c3c(F)cc(F)cc3F)c3ccccc32)c1. The molecule has 10 rings (SSSR count). The molecule has 5 nitrogen and oxygen atoms in total. The van der Waals surface area contributed by atoms with Crippen LogP contribution >= 0.6 is 0 Å². The number of rotatable bonds is 10. The molecule has 0 saturated carbocycles. The van der Waals surface area contributed by atoms with Gasteiger partial charge in [-0.05, 0) is 129 Å². The molecule has 1 aliphatic heterocycles. The number of nitrogens with zero attached hydrogens (tertiary/aromatic N) is 4. The van der Waals surface area contributed by atoms with Crippen molar-refractivity contribution in [1.82, 2.24) is 9.55 Å². The molecule has 0 aliphatic carbocycles. The van der Waals surface area contributed by atoms with Gasteiger partial charge in [0.1, 0.15) is 41.4 Å². The molecule has 73 heavy (non-hydrogen) atoms. The molecule has 9 aromatic rings. The maximum Gasteiger partial charge on any atom is 0.137 e. The lowest BCUT2D eigenvalue weighted by Crippen LogP contribution is -2.25. The number of anilines is 4. The van der Waals surface area contributed by atoms with Crippen molar-refractivity contribution < 1.29 is 19.3 Å². The number of aromatic nitrogens is 2. The van der Waals surface area contributed by atoms with Crippen molar-refractivity contribution in [3.63, 3.8) is 0 Å². The second kappa shape index (κ2) is 18.6. The lowest BCUT2D eigenvalue weighted by molar-refractivity contribution is 0.482. The standard InChI is InChI=1S/C65H65F3N4O/c1-38(2)41-25-42(39(3)4)27-44(26-41)53-30-46(65(10,11)12)31-54(62-55(67)33-47(66)34-56(62)68)63(53)71-37-70(58-19-15-16-20-59(58)71)48-28-43(40(5)6)29-50(35-48)73-49-21-22-52-51-17-13-14-18-57(51)72(60(52)36-49)61-32-45(23-24-69-61)64(7,8)9/h13-36,38-40H,37H2,1-12H3/i40D. The number of para-hydroxylation sites is 3. The number of hydrogen-bond acceptors (Lipinski definition) is 4. The maximum atomic E-state index is 16.5. The van der Waals surface area contributed by atoms with E-state index in [0.29, 0.717) is 22.7 Å². The fourth-order valence-corrected chi connectivity index (χ4v) is 10.2. The summed E-state index contributed by atoms with van der Waals surface area (Å²) in [4.78, 5) is 9.17. The van der Waals surface area contributed by atoms with Gasteiger partial charge in [-0.1, -0.05) is 132 Å². The average Bonchev–Trinajstić information content (AvgIpc) is 3.90. The molecule has 0 atom stereocenters. The van der Waals surface area contributed by atoms with Crippen molar-refractivity contribution in [1.29, 1.82) is 0 Å². The Morgan fingerprint density at radius 1 is 0.562 bits per heavy atom. The highest BCUT2D eigenvalue weighted by Crippen LogP contribution is 2.53. The number of benzene rings is 7. The van der Waals surface area contributed by atoms with Crippen molar-refractivity contribution in [2.75, 3.05) is 16.5 Å². The highest BCUT2D eigenvalue weighted by atomic mass is 19.1. The van der Waals surface area contributed by atoms with Crippen LogP contribution in [0.25, 0.3) is 49.9 Å². The summed E-state index contributed by atoms with van der Waals surface area (Å²) >= 11 is 0. The van der Waals surface area contributed by atoms with Crippen LogP contribution in [-0.2, 0) is 10.8 Å². The van der Waals surface area contributed by atoms with Gasteiger partial charge in [0, 0.05) is 59.4 Å². The summed E-state index contributed by atoms with van der Waals surface area (Å²) in [5, 5.41) is 2.17. The van der Waals surface area contributed by atoms with E-state index >= 15 is 8.78 Å². The van der Waals surface area contributed by atoms with Crippen LogP contribution in [0.5, 0.6) is 11.5 Å². The normalized spacial score (nSPS) is 13.5. The zero-order valence-electron chi connectivity index (χ0n) is 45.0. The van der Waals surface area contributed by atoms with E-state index in [1.54, 1.807) is 0 Å². The van der Waals surface area contributed by atoms with Gasteiger partial charge >= 0.3 is 0 Å². The Hall–Kier alpha value is -7.32. The molecule has 1 aliphatic rings. The maximum absolute atomic E-state index is 16.5. The van der Waals surface area contributed by atoms with Crippen LogP contribution in [0.1, 0.15) is 130 Å². The Morgan fingerprint density at radius 3 is 1.82 bits per heavy atom. The number of halogens is 3. The van der Waals surface area contributed by atoms with Gasteiger partial charge in [0.05, 0.1) is 33.7 Å². The third kappa shape index (κ3) is 9.26. The van der Waals surface area contributed by atoms with E-state index in [-0.39, 0.29) is 29.5 Å². The van der Waals surface area contributed by atoms with Crippen molar-refractivity contribution in [3.05, 3.63) is 191 Å². The van der Waals surface area contributed by atoms with Crippen molar-refractivity contribution in [3.8, 4) is 39.6 Å². The first-order chi connectivity index (χ1) is 34.9. The molecule has 2 aromatic heterocycles. The zero-order valence-corrected chi connectivity index (χ0v) is 44.0. The molecule has 0 saturated heterocycles. The minimum Gasteiger partial charge on any atom is -0.457 e. The van der Waals surface area contributed by atoms with E-state index in [1.807, 2.05) is 80.7 Å². The van der Waals surface area contributed by atoms with Crippen LogP contribution in [0, 0.1) is 17.5 Å². The van der Waals surface area contributed by atoms with Gasteiger partial charge in [0.2, 0.25) is 0 Å². The average molecular weight is 976 g/mol. The molecule has 372 valence electrons. The van der Waals surface area contributed by atoms with Crippen LogP contribution in [0.15, 0.2) is 146 Å². The fourth-order valence-electron chi connectivity index (χ4n) is 10.2. The van der Waals surface area contributed by atoms with E-state index in [9.17, 15) is 5.76 Å². The Bertz CT molecular complexity index is 3600. The van der Waals surface area contributed by atoms with Crippen molar-refractivity contribution in [2.24, 2.45) is 0 Å². The van der Waals surface area contributed by atoms with E-state index in [2.05, 4.69) is 150 Å². The number of pyridine rings is 1. The lowest BCUT2D eigenvalue weighted by atomic mass is 9.81. The highest BCUT2D eigenvalue weighted by molar-refractivity contribution is 6.09. The molecular formula is C65H65F3N4O. The fraction of sp³-hybridized carbons (Fsp3) is 0.277. The van der Waals surface area contributed by atoms with Gasteiger partial charge in [-0.2, -0.15) is 0 Å². The molecule has 0 N–H and O–H groups in total. The molecule has 0 fully saturated rings. The summed E-state index contributed by atoms with van der Waals surface area (Å²) in [6, 6.07) is 44.9. The topological polar surface area (TPSA) is 33.5 Å². The summed E-state index contributed by atoms with van der Waals surface area (Å²) in [6.07, 6.45) is 1.87. The monoisotopic (exact) mass is 976 g/mol. The first kappa shape index (κ1) is 48.0. The van der Waals surface area contributed by atoms with Crippen LogP contribution in [0.3, 0.4) is 0 Å². The van der Waals surface area contributed by atoms with Gasteiger partial charge in [-0.3, -0.25) is 4.57 Å². The van der Waals surface area contributed by atoms with Crippen LogP contribution in [0.2, 0.25) is 0 Å². The van der Waals surface area contributed by atoms with E-state index < -0.39 is 28.8 Å². The predicted molar refractivity (Wildman–Crippen MR) is 298 cm³/mol. The van der Waals surface area contributed by atoms with Gasteiger partial charge < -0.3 is 14.5 Å². The number of fused-ring (bicyclic) bond motifs is 4. The summed E-state index contributed by atoms with van der Waals surface area (Å²) < 4.78 is 66.4. The molecule has 3 heterocycles. The van der Waals surface area contributed by atoms with Crippen molar-refractivity contribution >= 4 is 44.6 Å². The number of ether oxygens (including phenoxy) is 1. The van der Waals surface area contributed by atoms with E-state index in [4.69, 9.17) is 9.72 Å². The Morgan fingerprint density at radius 2 is 1.18 bits per heavy atom. The van der Waals surface area contributed by atoms with Gasteiger partial charge in [-0.15, -0.1) is 0 Å². The predicted octanol–water partition coefficient (Wildman–Crippen LogP) is 18.9. The summed E-state index contributed by atoms with van der Waals surface area (Å²) in [7, 11) is 0. The third-order valence-corrected chi connectivity index (χ3v) is 14.4. The van der Waals surface area contributed by atoms with E-state index in [1.165, 1.54) is 5.56 Å². The Balaban J connectivity index is 1.15. The lowest BCUT2D eigenvalue weighted by Gasteiger charge is -2.31. The zero-order chi connectivity index (χ0) is 52.8. The first-order valence-corrected chi connectivity index (χ1v) is 25.4. The minimum absolute atomic E-state index is 0.0806. The van der Waals surface area contributed by atoms with Gasteiger partial charge in [0.15, 0.2) is 0 Å². The Kier molecular flexibility index (Phi) is 12.2. The van der Waals surface area contributed by atoms with Crippen molar-refractivity contribution in [2.45, 2.75) is 112 Å². The van der Waals surface area contributed by atoms with Gasteiger partial charge in [0.25, 0.3) is 0 Å². The summed E-state index contributed by atoms with van der Waals surface area (Å²) in [6.45, 7) is 25.5. The quantitative estimate of drug-likeness (QED) is 0.137. The largest absolute Gasteiger partial charge is 0.457 e. The molecule has 7 aromatic carbocycles. The van der Waals surface area contributed by atoms with Crippen LogP contribution in [-0.4, -0.2) is 16.2 Å². The highest BCUT2D eigenvalue weighted by Gasteiger charge is 2.35. The minimum atomic E-state index is -1.02. The second-order valence-electron chi connectivity index (χ2n) is 22.6. The summed E-state index contributed by atoms with van der Waals surface area (Å²) in [5.74, 6) is -1.59. The molecule has 8 heteroatoms. The Labute approximate surface area is 430 Å². The van der Waals surface area contributed by atoms with Gasteiger partial charge in [-0.25, -0.2) is 18.2 Å². The third-order valence-electron chi connectivity index (χ3n) is 14.4. The molecule has 0 amide bonds. The van der Waals surface area contributed by atoms with Crippen LogP contribution < -0.4 is 14.5 Å². The smallest absolute Gasteiger partial charge is 0.137 e. The second-order valence-corrected chi connectivity index (χ2v) is 22.6. The first-order valence-electron chi connectivity index (χ1n) is 25.9. The molecule has 0 spiro atoms. The van der Waals surface area contributed by atoms with Crippen LogP contribution in [0.4, 0.5) is 35.9 Å². The summed E-state index contributed by atoms with van der Waals surface area (Å²) in [5.41, 5.74) is 11.3. The molecule has 0 unspecified atom stereocenters. The molecule has 0 radical (unpaired) electrons. The number of hydrogen-bond donors (Lipinski definition) is 0. The van der Waals surface area contributed by atoms with E-state index in [0.717, 1.165) is 90.2 Å².